The Bertz CT molecular complexity index is 1660. The molecule has 6 atom stereocenters. The van der Waals surface area contributed by atoms with Gasteiger partial charge < -0.3 is 24.5 Å². The molecule has 2 unspecified atom stereocenters. The minimum atomic E-state index is -1.25. The van der Waals surface area contributed by atoms with Crippen LogP contribution in [0.15, 0.2) is 79.9 Å². The standard InChI is InChI=1S/C36H44N6O5/c1-5-19-39(20-6-2)32(44)29-30-33(45)42(26(23-43)22-25-13-9-8-10-14-25)31(36(30)18-17-35(29,4)47-36)34(46)40(21-7-3)24-41-28-16-12-11-15-27(28)37-38-41/h5,7-16,26,29-31,43H,1,3,6,17-24H2,2,4H3/t26-,29+,30+,31?,35-,36?/m1/s1. The van der Waals surface area contributed by atoms with Gasteiger partial charge in [-0.15, -0.1) is 18.3 Å². The second-order valence-electron chi connectivity index (χ2n) is 13.1. The predicted molar refractivity (Wildman–Crippen MR) is 177 cm³/mol. The van der Waals surface area contributed by atoms with Crippen LogP contribution in [-0.4, -0.2) is 102 Å². The molecule has 248 valence electrons. The number of hydrogen-bond acceptors (Lipinski definition) is 7. The Labute approximate surface area is 275 Å². The van der Waals surface area contributed by atoms with Gasteiger partial charge in [0.15, 0.2) is 0 Å². The van der Waals surface area contributed by atoms with Gasteiger partial charge in [-0.1, -0.05) is 66.8 Å². The molecule has 0 radical (unpaired) electrons. The molecule has 11 nitrogen and oxygen atoms in total. The van der Waals surface area contributed by atoms with Crippen molar-refractivity contribution < 1.29 is 24.2 Å². The zero-order valence-electron chi connectivity index (χ0n) is 27.2. The molecular formula is C36H44N6O5. The summed E-state index contributed by atoms with van der Waals surface area (Å²) in [6, 6.07) is 15.3. The monoisotopic (exact) mass is 640 g/mol. The number of aliphatic hydroxyl groups excluding tert-OH is 1. The number of para-hydroxylation sites is 1. The molecule has 0 saturated carbocycles. The number of rotatable bonds is 14. The van der Waals surface area contributed by atoms with Crippen LogP contribution >= 0.6 is 0 Å². The van der Waals surface area contributed by atoms with Crippen LogP contribution in [0.3, 0.4) is 0 Å². The van der Waals surface area contributed by atoms with Crippen molar-refractivity contribution in [1.82, 2.24) is 29.7 Å². The maximum atomic E-state index is 15.0. The number of nitrogens with zero attached hydrogens (tertiary/aromatic N) is 6. The summed E-state index contributed by atoms with van der Waals surface area (Å²) in [4.78, 5) is 49.1. The highest BCUT2D eigenvalue weighted by Crippen LogP contribution is 2.64. The molecule has 2 aromatic carbocycles. The highest BCUT2D eigenvalue weighted by molar-refractivity contribution is 5.99. The molecule has 3 amide bonds. The number of carbonyl (C=O) groups is 3. The molecule has 11 heteroatoms. The van der Waals surface area contributed by atoms with Gasteiger partial charge in [-0.05, 0) is 50.3 Å². The second-order valence-corrected chi connectivity index (χ2v) is 13.1. The first-order valence-electron chi connectivity index (χ1n) is 16.5. The van der Waals surface area contributed by atoms with Gasteiger partial charge in [0.25, 0.3) is 0 Å². The van der Waals surface area contributed by atoms with Crippen LogP contribution in [0.4, 0.5) is 0 Å². The average molecular weight is 641 g/mol. The summed E-state index contributed by atoms with van der Waals surface area (Å²) < 4.78 is 8.55. The predicted octanol–water partition coefficient (Wildman–Crippen LogP) is 3.20. The molecule has 4 heterocycles. The van der Waals surface area contributed by atoms with Crippen molar-refractivity contribution in [3.63, 3.8) is 0 Å². The molecule has 47 heavy (non-hydrogen) atoms. The minimum absolute atomic E-state index is 0.0658. The SMILES string of the molecule is C=CCN(Cn1nnc2ccccc21)C(=O)C1N([C@@H](CO)Cc2ccccc2)C(=O)[C@@H]2[C@@H](C(=O)N(CC=C)CCC)[C@@]3(C)CCC12O3. The molecule has 3 aromatic rings. The van der Waals surface area contributed by atoms with Gasteiger partial charge in [0, 0.05) is 19.6 Å². The highest BCUT2D eigenvalue weighted by atomic mass is 16.5. The Kier molecular flexibility index (Phi) is 9.04. The van der Waals surface area contributed by atoms with Gasteiger partial charge in [-0.25, -0.2) is 4.68 Å². The van der Waals surface area contributed by atoms with Gasteiger partial charge in [0.05, 0.1) is 35.6 Å². The smallest absolute Gasteiger partial charge is 0.250 e. The lowest BCUT2D eigenvalue weighted by molar-refractivity contribution is -0.157. The van der Waals surface area contributed by atoms with Crippen LogP contribution in [0.25, 0.3) is 11.0 Å². The number of carbonyl (C=O) groups excluding carboxylic acids is 3. The molecule has 3 aliphatic heterocycles. The number of aromatic nitrogens is 3. The maximum Gasteiger partial charge on any atom is 0.250 e. The van der Waals surface area contributed by atoms with Crippen LogP contribution in [0, 0.1) is 11.8 Å². The van der Waals surface area contributed by atoms with Crippen LogP contribution < -0.4 is 0 Å². The number of ether oxygens (including phenoxy) is 1. The van der Waals surface area contributed by atoms with Crippen molar-refractivity contribution in [1.29, 1.82) is 0 Å². The van der Waals surface area contributed by atoms with E-state index in [4.69, 9.17) is 4.74 Å². The largest absolute Gasteiger partial charge is 0.394 e. The van der Waals surface area contributed by atoms with Gasteiger partial charge in [-0.3, -0.25) is 14.4 Å². The fraction of sp³-hybridized carbons (Fsp3) is 0.472. The molecule has 1 aromatic heterocycles. The van der Waals surface area contributed by atoms with Crippen molar-refractivity contribution in [2.45, 2.75) is 69.5 Å². The van der Waals surface area contributed by atoms with Gasteiger partial charge in [-0.2, -0.15) is 0 Å². The van der Waals surface area contributed by atoms with Gasteiger partial charge >= 0.3 is 0 Å². The molecule has 0 aliphatic carbocycles. The Hall–Kier alpha value is -4.35. The van der Waals surface area contributed by atoms with E-state index in [0.29, 0.717) is 37.9 Å². The number of amides is 3. The fourth-order valence-electron chi connectivity index (χ4n) is 8.19. The first-order valence-corrected chi connectivity index (χ1v) is 16.5. The molecule has 2 bridgehead atoms. The lowest BCUT2D eigenvalue weighted by Crippen LogP contribution is -2.59. The third-order valence-corrected chi connectivity index (χ3v) is 10.2. The van der Waals surface area contributed by atoms with E-state index in [1.807, 2.05) is 68.4 Å². The third kappa shape index (κ3) is 5.45. The lowest BCUT2D eigenvalue weighted by atomic mass is 9.66. The topological polar surface area (TPSA) is 121 Å². The lowest BCUT2D eigenvalue weighted by Gasteiger charge is -2.39. The Balaban J connectivity index is 1.44. The first-order chi connectivity index (χ1) is 22.7. The zero-order chi connectivity index (χ0) is 33.3. The molecule has 3 aliphatic rings. The number of hydrogen-bond donors (Lipinski definition) is 1. The third-order valence-electron chi connectivity index (χ3n) is 10.2. The van der Waals surface area contributed by atoms with Crippen LogP contribution in [0.5, 0.6) is 0 Å². The van der Waals surface area contributed by atoms with E-state index in [1.165, 1.54) is 0 Å². The van der Waals surface area contributed by atoms with Crippen molar-refractivity contribution in [2.75, 3.05) is 26.2 Å². The van der Waals surface area contributed by atoms with E-state index in [-0.39, 0.29) is 37.5 Å². The molecule has 3 saturated heterocycles. The van der Waals surface area contributed by atoms with Crippen LogP contribution in [0.2, 0.25) is 0 Å². The van der Waals surface area contributed by atoms with E-state index in [2.05, 4.69) is 23.5 Å². The quantitative estimate of drug-likeness (QED) is 0.269. The normalized spacial score (nSPS) is 26.7. The number of likely N-dealkylation sites (tertiary alicyclic amines) is 1. The summed E-state index contributed by atoms with van der Waals surface area (Å²) >= 11 is 0. The van der Waals surface area contributed by atoms with Crippen molar-refractivity contribution in [3.8, 4) is 0 Å². The molecule has 1 N–H and O–H groups in total. The summed E-state index contributed by atoms with van der Waals surface area (Å²) in [6.07, 6.45) is 5.37. The molecule has 3 fully saturated rings. The van der Waals surface area contributed by atoms with Crippen molar-refractivity contribution >= 4 is 28.8 Å². The van der Waals surface area contributed by atoms with Crippen LogP contribution in [0.1, 0.15) is 38.7 Å². The van der Waals surface area contributed by atoms with E-state index < -0.39 is 35.1 Å². The highest BCUT2D eigenvalue weighted by Gasteiger charge is 2.78. The van der Waals surface area contributed by atoms with E-state index in [1.54, 1.807) is 31.5 Å². The fourth-order valence-corrected chi connectivity index (χ4v) is 8.19. The summed E-state index contributed by atoms with van der Waals surface area (Å²) in [7, 11) is 0. The minimum Gasteiger partial charge on any atom is -0.394 e. The summed E-state index contributed by atoms with van der Waals surface area (Å²) in [5, 5.41) is 19.4. The van der Waals surface area contributed by atoms with Gasteiger partial charge in [0.2, 0.25) is 17.7 Å². The van der Waals surface area contributed by atoms with Crippen molar-refractivity contribution in [3.05, 3.63) is 85.5 Å². The molecular weight excluding hydrogens is 596 g/mol. The van der Waals surface area contributed by atoms with E-state index >= 15 is 4.79 Å². The Morgan fingerprint density at radius 3 is 2.47 bits per heavy atom. The van der Waals surface area contributed by atoms with Gasteiger partial charge in [0.1, 0.15) is 23.8 Å². The first kappa shape index (κ1) is 32.6. The van der Waals surface area contributed by atoms with E-state index in [9.17, 15) is 14.7 Å². The van der Waals surface area contributed by atoms with Crippen LogP contribution in [-0.2, 0) is 32.2 Å². The van der Waals surface area contributed by atoms with Crippen molar-refractivity contribution in [2.24, 2.45) is 11.8 Å². The number of benzene rings is 2. The second kappa shape index (κ2) is 13.0. The molecule has 1 spiro atoms. The zero-order valence-corrected chi connectivity index (χ0v) is 27.2. The maximum absolute atomic E-state index is 15.0. The average Bonchev–Trinajstić information content (AvgIpc) is 3.78. The number of fused-ring (bicyclic) bond motifs is 2. The summed E-state index contributed by atoms with van der Waals surface area (Å²) in [5.74, 6) is -2.50. The summed E-state index contributed by atoms with van der Waals surface area (Å²) in [5.41, 5.74) is 0.206. The van der Waals surface area contributed by atoms with E-state index in [0.717, 1.165) is 17.5 Å². The Morgan fingerprint density at radius 1 is 1.06 bits per heavy atom. The summed E-state index contributed by atoms with van der Waals surface area (Å²) in [6.45, 7) is 12.4. The number of aliphatic hydroxyl groups is 1. The Morgan fingerprint density at radius 2 is 1.77 bits per heavy atom. The molecule has 6 rings (SSSR count).